The Morgan fingerprint density at radius 2 is 1.96 bits per heavy atom. The number of carboxylic acid groups (broad SMARTS) is 1. The maximum Gasteiger partial charge on any atom is 0.336 e. The number of nitrogens with zero attached hydrogens (tertiary/aromatic N) is 2. The molecule has 0 amide bonds. The van der Waals surface area contributed by atoms with Gasteiger partial charge in [0, 0.05) is 17.7 Å². The summed E-state index contributed by atoms with van der Waals surface area (Å²) in [6, 6.07) is 9.97. The highest BCUT2D eigenvalue weighted by molar-refractivity contribution is 5.96. The Labute approximate surface area is 128 Å². The van der Waals surface area contributed by atoms with Gasteiger partial charge in [0.25, 0.3) is 11.2 Å². The predicted molar refractivity (Wildman–Crippen MR) is 81.4 cm³/mol. The average Bonchev–Trinajstić information content (AvgIpc) is 2.54. The van der Waals surface area contributed by atoms with Gasteiger partial charge in [-0.05, 0) is 18.2 Å². The monoisotopic (exact) mass is 311 g/mol. The molecule has 0 radical (unpaired) electrons. The maximum absolute atomic E-state index is 12.1. The minimum atomic E-state index is -1.35. The van der Waals surface area contributed by atoms with Crippen molar-refractivity contribution in [3.05, 3.63) is 68.5 Å². The van der Waals surface area contributed by atoms with Crippen molar-refractivity contribution in [1.82, 2.24) is 9.97 Å². The zero-order valence-electron chi connectivity index (χ0n) is 11.5. The van der Waals surface area contributed by atoms with Crippen molar-refractivity contribution in [2.24, 2.45) is 0 Å². The maximum atomic E-state index is 12.1. The standard InChI is InChI=1S/C15H9N3O5/c19-14-10-3-1-2-4-12(10)16-13(17-14)9-6-5-8(18(22)23)7-11(9)15(20)21/h1-7H,(H,20,21)(H,16,17,19). The lowest BCUT2D eigenvalue weighted by atomic mass is 10.1. The fourth-order valence-electron chi connectivity index (χ4n) is 2.24. The Morgan fingerprint density at radius 3 is 2.65 bits per heavy atom. The minimum Gasteiger partial charge on any atom is -0.478 e. The largest absolute Gasteiger partial charge is 0.478 e. The molecule has 0 spiro atoms. The van der Waals surface area contributed by atoms with E-state index in [1.807, 2.05) is 0 Å². The van der Waals surface area contributed by atoms with Crippen molar-refractivity contribution in [2.75, 3.05) is 0 Å². The normalized spacial score (nSPS) is 10.6. The lowest BCUT2D eigenvalue weighted by Gasteiger charge is -2.06. The van der Waals surface area contributed by atoms with Gasteiger partial charge in [-0.2, -0.15) is 0 Å². The van der Waals surface area contributed by atoms with Gasteiger partial charge >= 0.3 is 5.97 Å². The van der Waals surface area contributed by atoms with Crippen LogP contribution in [0.3, 0.4) is 0 Å². The summed E-state index contributed by atoms with van der Waals surface area (Å²) in [4.78, 5) is 40.3. The summed E-state index contributed by atoms with van der Waals surface area (Å²) in [7, 11) is 0. The van der Waals surface area contributed by atoms with Crippen LogP contribution >= 0.6 is 0 Å². The molecule has 0 aliphatic heterocycles. The van der Waals surface area contributed by atoms with Gasteiger partial charge < -0.3 is 10.1 Å². The summed E-state index contributed by atoms with van der Waals surface area (Å²) >= 11 is 0. The molecule has 3 rings (SSSR count). The molecule has 2 aromatic carbocycles. The van der Waals surface area contributed by atoms with Gasteiger partial charge in [0.05, 0.1) is 21.4 Å². The van der Waals surface area contributed by atoms with E-state index in [0.717, 1.165) is 12.1 Å². The van der Waals surface area contributed by atoms with Crippen LogP contribution in [0.1, 0.15) is 10.4 Å². The van der Waals surface area contributed by atoms with E-state index >= 15 is 0 Å². The molecule has 0 bridgehead atoms. The van der Waals surface area contributed by atoms with Gasteiger partial charge in [0.1, 0.15) is 5.82 Å². The third-order valence-electron chi connectivity index (χ3n) is 3.31. The molecule has 8 heteroatoms. The van der Waals surface area contributed by atoms with Crippen LogP contribution in [0, 0.1) is 10.1 Å². The van der Waals surface area contributed by atoms with Crippen LogP contribution in [-0.2, 0) is 0 Å². The highest BCUT2D eigenvalue weighted by atomic mass is 16.6. The molecule has 0 saturated carbocycles. The van der Waals surface area contributed by atoms with Crippen LogP contribution in [0.4, 0.5) is 5.69 Å². The van der Waals surface area contributed by atoms with Crippen molar-refractivity contribution in [3.63, 3.8) is 0 Å². The molecule has 1 aromatic heterocycles. The van der Waals surface area contributed by atoms with Gasteiger partial charge in [-0.1, -0.05) is 12.1 Å². The Bertz CT molecular complexity index is 1010. The van der Waals surface area contributed by atoms with E-state index in [9.17, 15) is 24.8 Å². The number of aromatic carboxylic acids is 1. The molecule has 114 valence electrons. The fraction of sp³-hybridized carbons (Fsp3) is 0. The first-order valence-electron chi connectivity index (χ1n) is 6.48. The zero-order chi connectivity index (χ0) is 16.6. The van der Waals surface area contributed by atoms with E-state index in [1.165, 1.54) is 6.07 Å². The summed E-state index contributed by atoms with van der Waals surface area (Å²) in [6.07, 6.45) is 0. The Balaban J connectivity index is 2.28. The van der Waals surface area contributed by atoms with E-state index in [4.69, 9.17) is 0 Å². The van der Waals surface area contributed by atoms with Crippen LogP contribution in [0.5, 0.6) is 0 Å². The van der Waals surface area contributed by atoms with Crippen molar-refractivity contribution >= 4 is 22.6 Å². The second-order valence-corrected chi connectivity index (χ2v) is 4.72. The van der Waals surface area contributed by atoms with Crippen LogP contribution in [0.15, 0.2) is 47.3 Å². The number of nitrogens with one attached hydrogen (secondary N) is 1. The Hall–Kier alpha value is -3.55. The number of nitro benzene ring substituents is 1. The number of benzene rings is 2. The van der Waals surface area contributed by atoms with E-state index in [2.05, 4.69) is 9.97 Å². The Morgan fingerprint density at radius 1 is 1.22 bits per heavy atom. The van der Waals surface area contributed by atoms with Crippen molar-refractivity contribution in [3.8, 4) is 11.4 Å². The lowest BCUT2D eigenvalue weighted by Crippen LogP contribution is -2.11. The van der Waals surface area contributed by atoms with Gasteiger partial charge in [0.15, 0.2) is 0 Å². The number of para-hydroxylation sites is 1. The van der Waals surface area contributed by atoms with Crippen LogP contribution < -0.4 is 5.56 Å². The molecule has 0 aliphatic carbocycles. The van der Waals surface area contributed by atoms with Crippen molar-refractivity contribution in [1.29, 1.82) is 0 Å². The summed E-state index contributed by atoms with van der Waals surface area (Å²) in [5.41, 5.74) is -0.570. The van der Waals surface area contributed by atoms with E-state index in [-0.39, 0.29) is 22.6 Å². The summed E-state index contributed by atoms with van der Waals surface area (Å²) in [5.74, 6) is -1.31. The second kappa shape index (κ2) is 5.34. The molecule has 8 nitrogen and oxygen atoms in total. The number of aromatic amines is 1. The topological polar surface area (TPSA) is 126 Å². The summed E-state index contributed by atoms with van der Waals surface area (Å²) < 4.78 is 0. The Kier molecular flexibility index (Phi) is 3.34. The van der Waals surface area contributed by atoms with Crippen molar-refractivity contribution < 1.29 is 14.8 Å². The second-order valence-electron chi connectivity index (χ2n) is 4.72. The highest BCUT2D eigenvalue weighted by Crippen LogP contribution is 2.25. The fourth-order valence-corrected chi connectivity index (χ4v) is 2.24. The summed E-state index contributed by atoms with van der Waals surface area (Å²) in [5, 5.41) is 20.4. The van der Waals surface area contributed by atoms with Crippen LogP contribution in [0.25, 0.3) is 22.3 Å². The van der Waals surface area contributed by atoms with Gasteiger partial charge in [-0.25, -0.2) is 9.78 Å². The number of carboxylic acids is 1. The molecule has 0 atom stereocenters. The number of hydrogen-bond acceptors (Lipinski definition) is 5. The van der Waals surface area contributed by atoms with E-state index in [1.54, 1.807) is 24.3 Å². The number of aromatic nitrogens is 2. The first-order chi connectivity index (χ1) is 11.0. The van der Waals surface area contributed by atoms with Gasteiger partial charge in [0.2, 0.25) is 0 Å². The molecule has 3 aromatic rings. The molecule has 0 aliphatic rings. The van der Waals surface area contributed by atoms with E-state index in [0.29, 0.717) is 10.9 Å². The third-order valence-corrected chi connectivity index (χ3v) is 3.31. The SMILES string of the molecule is O=C(O)c1cc([N+](=O)[O-])ccc1-c1nc2ccccc2c(=O)[nH]1. The number of fused-ring (bicyclic) bond motifs is 1. The quantitative estimate of drug-likeness (QED) is 0.564. The first kappa shape index (κ1) is 14.4. The first-order valence-corrected chi connectivity index (χ1v) is 6.48. The van der Waals surface area contributed by atoms with Crippen LogP contribution in [-0.4, -0.2) is 26.0 Å². The van der Waals surface area contributed by atoms with Gasteiger partial charge in [-0.3, -0.25) is 14.9 Å². The van der Waals surface area contributed by atoms with Gasteiger partial charge in [-0.15, -0.1) is 0 Å². The molecule has 23 heavy (non-hydrogen) atoms. The zero-order valence-corrected chi connectivity index (χ0v) is 11.5. The third kappa shape index (κ3) is 2.53. The molecule has 0 unspecified atom stereocenters. The highest BCUT2D eigenvalue weighted by Gasteiger charge is 2.19. The molecule has 2 N–H and O–H groups in total. The lowest BCUT2D eigenvalue weighted by molar-refractivity contribution is -0.384. The predicted octanol–water partition coefficient (Wildman–Crippen LogP) is 2.20. The average molecular weight is 311 g/mol. The van der Waals surface area contributed by atoms with Crippen LogP contribution in [0.2, 0.25) is 0 Å². The smallest absolute Gasteiger partial charge is 0.336 e. The number of hydrogen-bond donors (Lipinski definition) is 2. The van der Waals surface area contributed by atoms with Crippen molar-refractivity contribution in [2.45, 2.75) is 0 Å². The molecular formula is C15H9N3O5. The number of rotatable bonds is 3. The summed E-state index contributed by atoms with van der Waals surface area (Å²) in [6.45, 7) is 0. The minimum absolute atomic E-state index is 0.0426. The molecular weight excluding hydrogens is 302 g/mol. The molecule has 0 saturated heterocycles. The number of H-pyrrole nitrogens is 1. The molecule has 1 heterocycles. The van der Waals surface area contributed by atoms with E-state index < -0.39 is 16.5 Å². The molecule has 0 fully saturated rings. The number of nitro groups is 1. The number of non-ortho nitro benzene ring substituents is 1. The number of carbonyl (C=O) groups is 1.